The average Bonchev–Trinajstić information content (AvgIpc) is 4.06. The van der Waals surface area contributed by atoms with Crippen molar-refractivity contribution in [1.82, 2.24) is 29.6 Å². The molecule has 4 aliphatic rings. The summed E-state index contributed by atoms with van der Waals surface area (Å²) >= 11 is 0. The largest absolute Gasteiger partial charge is 0.471 e. The molecule has 3 heterocycles. The molecule has 2 saturated carbocycles. The smallest absolute Gasteiger partial charge is 0.411 e. The van der Waals surface area contributed by atoms with Gasteiger partial charge in [-0.2, -0.15) is 13.2 Å². The number of alkyl halides is 3. The van der Waals surface area contributed by atoms with Gasteiger partial charge in [-0.3, -0.25) is 28.8 Å². The van der Waals surface area contributed by atoms with Crippen molar-refractivity contribution in [3.63, 3.8) is 0 Å². The molecule has 7 atom stereocenters. The highest BCUT2D eigenvalue weighted by atomic mass is 32.2. The summed E-state index contributed by atoms with van der Waals surface area (Å²) in [4.78, 5) is 70.3. The highest BCUT2D eigenvalue weighted by Crippen LogP contribution is 2.47. The van der Waals surface area contributed by atoms with E-state index in [1.54, 1.807) is 43.3 Å². The molecule has 3 fully saturated rings. The van der Waals surface area contributed by atoms with Gasteiger partial charge in [-0.15, -0.1) is 5.10 Å². The topological polar surface area (TPSA) is 197 Å². The number of sulfonamides is 1. The number of carboxylic acid groups (broad SMARTS) is 1. The Hall–Kier alpha value is -4.68. The van der Waals surface area contributed by atoms with Crippen molar-refractivity contribution in [2.75, 3.05) is 6.54 Å². The van der Waals surface area contributed by atoms with E-state index in [1.165, 1.54) is 11.6 Å². The Morgan fingerprint density at radius 2 is 1.75 bits per heavy atom. The lowest BCUT2D eigenvalue weighted by molar-refractivity contribution is -0.222. The van der Waals surface area contributed by atoms with Crippen molar-refractivity contribution >= 4 is 44.6 Å². The Labute approximate surface area is 328 Å². The van der Waals surface area contributed by atoms with Gasteiger partial charge in [-0.25, -0.2) is 17.9 Å². The fourth-order valence-electron chi connectivity index (χ4n) is 8.15. The summed E-state index contributed by atoms with van der Waals surface area (Å²) in [5.74, 6) is -4.73. The molecule has 0 spiro atoms. The number of benzene rings is 1. The van der Waals surface area contributed by atoms with Crippen LogP contribution < -0.4 is 20.3 Å². The lowest BCUT2D eigenvalue weighted by Crippen LogP contribution is -2.66. The van der Waals surface area contributed by atoms with Gasteiger partial charge >= 0.3 is 12.3 Å². The van der Waals surface area contributed by atoms with Gasteiger partial charge in [0, 0.05) is 18.9 Å². The summed E-state index contributed by atoms with van der Waals surface area (Å²) in [6.45, 7) is 6.16. The number of nitrogens with one attached hydrogen (secondary N) is 2. The maximum absolute atomic E-state index is 15.0. The van der Waals surface area contributed by atoms with Gasteiger partial charge in [0.1, 0.15) is 29.3 Å². The summed E-state index contributed by atoms with van der Waals surface area (Å²) < 4.78 is 79.4. The molecule has 1 saturated heterocycles. The monoisotopic (exact) mass is 822 g/mol. The second-order valence-corrected chi connectivity index (χ2v) is 18.3. The number of hydrogen-bond acceptors (Lipinski definition) is 9. The van der Waals surface area contributed by atoms with Crippen LogP contribution in [0.5, 0.6) is 5.88 Å². The van der Waals surface area contributed by atoms with E-state index in [2.05, 4.69) is 15.1 Å². The van der Waals surface area contributed by atoms with Crippen molar-refractivity contribution in [1.29, 1.82) is 0 Å². The number of hydrogen-bond donors (Lipinski definition) is 3. The van der Waals surface area contributed by atoms with Crippen LogP contribution in [-0.4, -0.2) is 104 Å². The van der Waals surface area contributed by atoms with Gasteiger partial charge in [-0.1, -0.05) is 38.1 Å². The number of allylic oxidation sites excluding steroid dienone is 1. The molecule has 57 heavy (non-hydrogen) atoms. The zero-order valence-electron chi connectivity index (χ0n) is 32.4. The molecule has 2 aliphatic carbocycles. The molecule has 2 aliphatic heterocycles. The molecule has 4 amide bonds. The molecule has 19 heteroatoms. The summed E-state index contributed by atoms with van der Waals surface area (Å²) in [6.07, 6.45) is -3.02. The third kappa shape index (κ3) is 8.08. The SMILES string of the molecule is CCn1nc(O[C@@H]2C[C@H]3C(=O)N[C@]4(C(=O)NS(=O)(=O)C5CC5)C[C@H]4C=CCC[C@H](C)C[C@@H](C)[C@H](N(C(=O)O)C(C)(C)C(F)(F)F)C(=O)N3C2)c2ccccc2c1=O. The molecule has 2 aromatic rings. The maximum atomic E-state index is 15.0. The number of rotatable bonds is 8. The summed E-state index contributed by atoms with van der Waals surface area (Å²) in [7, 11) is -4.04. The van der Waals surface area contributed by atoms with Crippen LogP contribution in [0.4, 0.5) is 18.0 Å². The zero-order valence-corrected chi connectivity index (χ0v) is 33.2. The Morgan fingerprint density at radius 1 is 1.09 bits per heavy atom. The standard InChI is InChI=1S/C38H49F3N6O9S/c1-6-46-32(49)27-14-10-9-13-26(27)31(43-46)56-24-18-28-30(48)42-37(34(51)44-57(54,55)25-15-16-25)19-23(37)12-8-7-11-21(2)17-22(3)29(33(50)45(28)20-24)47(35(52)53)36(4,5)38(39,40)41/h8-10,12-14,21-25,28-29H,6-7,11,15-20H2,1-5H3,(H,42,48)(H,44,51)(H,52,53)/t21-,22+,23+,24+,28-,29-,37+/m0/s1. The molecule has 312 valence electrons. The van der Waals surface area contributed by atoms with Crippen molar-refractivity contribution in [3.8, 4) is 5.88 Å². The number of halogens is 3. The van der Waals surface area contributed by atoms with Crippen LogP contribution in [0.15, 0.2) is 41.2 Å². The van der Waals surface area contributed by atoms with E-state index in [1.807, 2.05) is 6.92 Å². The second kappa shape index (κ2) is 15.2. The van der Waals surface area contributed by atoms with Crippen molar-refractivity contribution in [2.24, 2.45) is 17.8 Å². The van der Waals surface area contributed by atoms with Crippen LogP contribution in [0.25, 0.3) is 10.8 Å². The van der Waals surface area contributed by atoms with Crippen molar-refractivity contribution in [3.05, 3.63) is 46.8 Å². The van der Waals surface area contributed by atoms with E-state index in [9.17, 15) is 50.7 Å². The number of ether oxygens (including phenoxy) is 1. The first kappa shape index (κ1) is 41.9. The third-order valence-electron chi connectivity index (χ3n) is 11.8. The number of aromatic nitrogens is 2. The minimum Gasteiger partial charge on any atom is -0.471 e. The van der Waals surface area contributed by atoms with Crippen LogP contribution in [-0.2, 0) is 31.0 Å². The highest BCUT2D eigenvalue weighted by molar-refractivity contribution is 7.91. The summed E-state index contributed by atoms with van der Waals surface area (Å²) in [5.41, 5.74) is -5.16. The normalized spacial score (nSPS) is 28.7. The van der Waals surface area contributed by atoms with Gasteiger partial charge in [0.25, 0.3) is 11.5 Å². The Balaban J connectivity index is 1.44. The first-order chi connectivity index (χ1) is 26.6. The highest BCUT2D eigenvalue weighted by Gasteiger charge is 2.63. The lowest BCUT2D eigenvalue weighted by atomic mass is 9.85. The van der Waals surface area contributed by atoms with Gasteiger partial charge in [0.15, 0.2) is 0 Å². The minimum atomic E-state index is -5.11. The molecule has 1 aromatic carbocycles. The predicted molar refractivity (Wildman–Crippen MR) is 200 cm³/mol. The number of fused-ring (bicyclic) bond motifs is 3. The Morgan fingerprint density at radius 3 is 2.37 bits per heavy atom. The molecule has 0 bridgehead atoms. The molecular formula is C38H49F3N6O9S. The minimum absolute atomic E-state index is 0.00900. The van der Waals surface area contributed by atoms with Crippen LogP contribution in [0, 0.1) is 17.8 Å². The summed E-state index contributed by atoms with van der Waals surface area (Å²) in [5, 5.41) is 17.4. The molecule has 6 rings (SSSR count). The van der Waals surface area contributed by atoms with E-state index in [4.69, 9.17) is 4.74 Å². The van der Waals surface area contributed by atoms with E-state index in [-0.39, 0.29) is 53.5 Å². The lowest BCUT2D eigenvalue weighted by Gasteiger charge is -2.45. The van der Waals surface area contributed by atoms with Gasteiger partial charge in [0.2, 0.25) is 27.7 Å². The summed E-state index contributed by atoms with van der Waals surface area (Å²) in [6, 6.07) is 3.07. The number of carbonyl (C=O) groups excluding carboxylic acids is 3. The molecule has 0 unspecified atom stereocenters. The van der Waals surface area contributed by atoms with Gasteiger partial charge < -0.3 is 20.1 Å². The third-order valence-corrected chi connectivity index (χ3v) is 13.6. The first-order valence-electron chi connectivity index (χ1n) is 19.2. The molecule has 3 N–H and O–H groups in total. The Kier molecular flexibility index (Phi) is 11.2. The molecule has 15 nitrogen and oxygen atoms in total. The fourth-order valence-corrected chi connectivity index (χ4v) is 9.51. The van der Waals surface area contributed by atoms with Crippen molar-refractivity contribution < 1.29 is 50.6 Å². The van der Waals surface area contributed by atoms with E-state index < -0.39 is 92.9 Å². The van der Waals surface area contributed by atoms with Gasteiger partial charge in [0.05, 0.1) is 22.6 Å². The molecule has 0 radical (unpaired) electrons. The number of nitrogens with zero attached hydrogens (tertiary/aromatic N) is 4. The fraction of sp³-hybridized carbons (Fsp3) is 0.632. The Bertz CT molecular complexity index is 2140. The van der Waals surface area contributed by atoms with Crippen LogP contribution in [0.2, 0.25) is 0 Å². The quantitative estimate of drug-likeness (QED) is 0.328. The number of carbonyl (C=O) groups is 4. The van der Waals surface area contributed by atoms with E-state index in [0.29, 0.717) is 44.9 Å². The van der Waals surface area contributed by atoms with Crippen LogP contribution >= 0.6 is 0 Å². The predicted octanol–water partition coefficient (Wildman–Crippen LogP) is 3.95. The average molecular weight is 823 g/mol. The van der Waals surface area contributed by atoms with E-state index in [0.717, 1.165) is 4.90 Å². The van der Waals surface area contributed by atoms with Crippen LogP contribution in [0.3, 0.4) is 0 Å². The molecular weight excluding hydrogens is 774 g/mol. The zero-order chi connectivity index (χ0) is 41.8. The van der Waals surface area contributed by atoms with E-state index >= 15 is 0 Å². The first-order valence-corrected chi connectivity index (χ1v) is 20.8. The maximum Gasteiger partial charge on any atom is 0.411 e. The number of aryl methyl sites for hydroxylation is 1. The van der Waals surface area contributed by atoms with Crippen molar-refractivity contribution in [2.45, 2.75) is 127 Å². The van der Waals surface area contributed by atoms with Crippen LogP contribution in [0.1, 0.15) is 79.6 Å². The second-order valence-electron chi connectivity index (χ2n) is 16.4. The van der Waals surface area contributed by atoms with Gasteiger partial charge in [-0.05, 0) is 83.3 Å². The molecule has 1 aromatic heterocycles. The number of amides is 4.